The number of rotatable bonds is 2. The Bertz CT molecular complexity index is 597. The summed E-state index contributed by atoms with van der Waals surface area (Å²) in [5.41, 5.74) is 1.82. The van der Waals surface area contributed by atoms with Gasteiger partial charge in [0.25, 0.3) is 0 Å². The topological polar surface area (TPSA) is 85.2 Å². The van der Waals surface area contributed by atoms with Crippen LogP contribution in [0.3, 0.4) is 0 Å². The Morgan fingerprint density at radius 1 is 1.25 bits per heavy atom. The highest BCUT2D eigenvalue weighted by molar-refractivity contribution is 5.74. The summed E-state index contributed by atoms with van der Waals surface area (Å²) in [5, 5.41) is 22.0. The molecule has 1 unspecified atom stereocenters. The zero-order valence-corrected chi connectivity index (χ0v) is 8.57. The number of aromatic amines is 1. The molecule has 80 valence electrons. The number of hydrogen-bond donors (Lipinski definition) is 1. The van der Waals surface area contributed by atoms with E-state index in [1.54, 1.807) is 4.68 Å². The summed E-state index contributed by atoms with van der Waals surface area (Å²) in [6.07, 6.45) is 0. The summed E-state index contributed by atoms with van der Waals surface area (Å²) in [6.45, 7) is 1.95. The van der Waals surface area contributed by atoms with E-state index in [-0.39, 0.29) is 6.04 Å². The van der Waals surface area contributed by atoms with Crippen molar-refractivity contribution >= 4 is 11.0 Å². The van der Waals surface area contributed by atoms with Crippen LogP contribution in [0.1, 0.15) is 18.8 Å². The number of tetrazole rings is 1. The van der Waals surface area contributed by atoms with Crippen molar-refractivity contribution in [2.24, 2.45) is 0 Å². The van der Waals surface area contributed by atoms with Crippen LogP contribution in [0, 0.1) is 0 Å². The van der Waals surface area contributed by atoms with Gasteiger partial charge >= 0.3 is 0 Å². The Labute approximate surface area is 90.5 Å². The first-order chi connectivity index (χ1) is 7.86. The van der Waals surface area contributed by atoms with E-state index >= 15 is 0 Å². The molecule has 3 rings (SSSR count). The van der Waals surface area contributed by atoms with E-state index in [9.17, 15) is 0 Å². The molecule has 1 atom stereocenters. The number of fused-ring (bicyclic) bond motifs is 1. The fourth-order valence-corrected chi connectivity index (χ4v) is 1.63. The van der Waals surface area contributed by atoms with E-state index < -0.39 is 0 Å². The van der Waals surface area contributed by atoms with E-state index in [1.807, 2.05) is 31.2 Å². The van der Waals surface area contributed by atoms with Gasteiger partial charge in [0, 0.05) is 0 Å². The zero-order chi connectivity index (χ0) is 11.0. The zero-order valence-electron chi connectivity index (χ0n) is 8.57. The van der Waals surface area contributed by atoms with Gasteiger partial charge in [-0.2, -0.15) is 5.21 Å². The standard InChI is InChI=1S/C9H9N7/c1-6(9-11-13-14-12-9)16-8-5-3-2-4-7(8)10-15-16/h2-6H,1H3,(H,11,12,13,14). The fraction of sp³-hybridized carbons (Fsp3) is 0.222. The third-order valence-corrected chi connectivity index (χ3v) is 2.48. The summed E-state index contributed by atoms with van der Waals surface area (Å²) in [7, 11) is 0. The van der Waals surface area contributed by atoms with Crippen LogP contribution in [0.2, 0.25) is 0 Å². The smallest absolute Gasteiger partial charge is 0.198 e. The molecule has 2 aromatic heterocycles. The number of para-hydroxylation sites is 1. The van der Waals surface area contributed by atoms with Crippen molar-refractivity contribution in [3.8, 4) is 0 Å². The van der Waals surface area contributed by atoms with Gasteiger partial charge in [-0.05, 0) is 19.1 Å². The molecule has 0 amide bonds. The number of benzene rings is 1. The van der Waals surface area contributed by atoms with Gasteiger partial charge in [-0.25, -0.2) is 4.68 Å². The number of H-pyrrole nitrogens is 1. The Kier molecular flexibility index (Phi) is 1.89. The maximum absolute atomic E-state index is 4.10. The van der Waals surface area contributed by atoms with Crippen LogP contribution in [0.4, 0.5) is 0 Å². The fourth-order valence-electron chi connectivity index (χ4n) is 1.63. The molecule has 0 aliphatic rings. The molecule has 0 radical (unpaired) electrons. The molecule has 1 aromatic carbocycles. The van der Waals surface area contributed by atoms with E-state index in [4.69, 9.17) is 0 Å². The van der Waals surface area contributed by atoms with Gasteiger partial charge in [-0.1, -0.05) is 22.6 Å². The molecule has 1 N–H and O–H groups in total. The molecule has 16 heavy (non-hydrogen) atoms. The van der Waals surface area contributed by atoms with Crippen LogP contribution >= 0.6 is 0 Å². The number of hydrogen-bond acceptors (Lipinski definition) is 5. The maximum Gasteiger partial charge on any atom is 0.198 e. The first-order valence-corrected chi connectivity index (χ1v) is 4.89. The van der Waals surface area contributed by atoms with Crippen molar-refractivity contribution in [3.63, 3.8) is 0 Å². The van der Waals surface area contributed by atoms with Crippen LogP contribution in [-0.4, -0.2) is 35.6 Å². The SMILES string of the molecule is CC(c1nn[nH]n1)n1nnc2ccccc21. The van der Waals surface area contributed by atoms with Gasteiger partial charge in [0.05, 0.1) is 5.52 Å². The molecule has 0 spiro atoms. The second-order valence-electron chi connectivity index (χ2n) is 3.47. The Morgan fingerprint density at radius 2 is 2.12 bits per heavy atom. The molecule has 0 aliphatic heterocycles. The van der Waals surface area contributed by atoms with Crippen LogP contribution in [0.25, 0.3) is 11.0 Å². The van der Waals surface area contributed by atoms with Gasteiger partial charge in [-0.3, -0.25) is 0 Å². The largest absolute Gasteiger partial charge is 0.234 e. The van der Waals surface area contributed by atoms with Crippen molar-refractivity contribution in [1.82, 2.24) is 35.6 Å². The Morgan fingerprint density at radius 3 is 2.94 bits per heavy atom. The molecule has 0 saturated heterocycles. The van der Waals surface area contributed by atoms with Crippen molar-refractivity contribution in [3.05, 3.63) is 30.1 Å². The molecular formula is C9H9N7. The lowest BCUT2D eigenvalue weighted by atomic mass is 10.3. The first-order valence-electron chi connectivity index (χ1n) is 4.89. The third-order valence-electron chi connectivity index (χ3n) is 2.48. The van der Waals surface area contributed by atoms with E-state index in [2.05, 4.69) is 30.9 Å². The summed E-state index contributed by atoms with van der Waals surface area (Å²) < 4.78 is 1.78. The van der Waals surface area contributed by atoms with Gasteiger partial charge in [0.1, 0.15) is 11.6 Å². The normalized spacial score (nSPS) is 13.1. The molecule has 0 saturated carbocycles. The number of nitrogens with zero attached hydrogens (tertiary/aromatic N) is 6. The molecule has 2 heterocycles. The molecule has 0 fully saturated rings. The average molecular weight is 215 g/mol. The predicted octanol–water partition coefficient (Wildman–Crippen LogP) is 0.554. The maximum atomic E-state index is 4.10. The molecule has 3 aromatic rings. The second kappa shape index (κ2) is 3.37. The number of aromatic nitrogens is 7. The molecule has 7 heteroatoms. The first kappa shape index (κ1) is 8.96. The lowest BCUT2D eigenvalue weighted by molar-refractivity contribution is 0.534. The molecule has 0 bridgehead atoms. The van der Waals surface area contributed by atoms with Gasteiger partial charge in [0.15, 0.2) is 5.82 Å². The molecular weight excluding hydrogens is 206 g/mol. The summed E-state index contributed by atoms with van der Waals surface area (Å²) >= 11 is 0. The highest BCUT2D eigenvalue weighted by atomic mass is 15.5. The Balaban J connectivity index is 2.12. The summed E-state index contributed by atoms with van der Waals surface area (Å²) in [6, 6.07) is 7.67. The van der Waals surface area contributed by atoms with Crippen molar-refractivity contribution in [1.29, 1.82) is 0 Å². The second-order valence-corrected chi connectivity index (χ2v) is 3.47. The highest BCUT2D eigenvalue weighted by Gasteiger charge is 2.16. The summed E-state index contributed by atoms with van der Waals surface area (Å²) in [5.74, 6) is 0.593. The van der Waals surface area contributed by atoms with Gasteiger partial charge < -0.3 is 0 Å². The number of nitrogens with one attached hydrogen (secondary N) is 1. The van der Waals surface area contributed by atoms with Crippen molar-refractivity contribution < 1.29 is 0 Å². The Hall–Kier alpha value is -2.31. The van der Waals surface area contributed by atoms with Crippen LogP contribution in [0.5, 0.6) is 0 Å². The lowest BCUT2D eigenvalue weighted by Gasteiger charge is -2.06. The van der Waals surface area contributed by atoms with Crippen LogP contribution < -0.4 is 0 Å². The minimum atomic E-state index is -0.0915. The van der Waals surface area contributed by atoms with E-state index in [1.165, 1.54) is 0 Å². The van der Waals surface area contributed by atoms with Crippen LogP contribution in [0.15, 0.2) is 24.3 Å². The van der Waals surface area contributed by atoms with E-state index in [0.29, 0.717) is 5.82 Å². The average Bonchev–Trinajstić information content (AvgIpc) is 2.98. The van der Waals surface area contributed by atoms with Crippen molar-refractivity contribution in [2.45, 2.75) is 13.0 Å². The predicted molar refractivity (Wildman–Crippen MR) is 55.5 cm³/mol. The quantitative estimate of drug-likeness (QED) is 0.674. The van der Waals surface area contributed by atoms with E-state index in [0.717, 1.165) is 11.0 Å². The van der Waals surface area contributed by atoms with Crippen LogP contribution in [-0.2, 0) is 0 Å². The molecule has 0 aliphatic carbocycles. The minimum Gasteiger partial charge on any atom is -0.234 e. The minimum absolute atomic E-state index is 0.0915. The highest BCUT2D eigenvalue weighted by Crippen LogP contribution is 2.17. The molecule has 7 nitrogen and oxygen atoms in total. The van der Waals surface area contributed by atoms with Crippen molar-refractivity contribution in [2.75, 3.05) is 0 Å². The van der Waals surface area contributed by atoms with Gasteiger partial charge in [-0.15, -0.1) is 15.3 Å². The van der Waals surface area contributed by atoms with Gasteiger partial charge in [0.2, 0.25) is 0 Å². The lowest BCUT2D eigenvalue weighted by Crippen LogP contribution is -2.10. The monoisotopic (exact) mass is 215 g/mol. The summed E-state index contributed by atoms with van der Waals surface area (Å²) in [4.78, 5) is 0. The third kappa shape index (κ3) is 1.25.